The largest absolute Gasteiger partial charge is 0.493 e. The van der Waals surface area contributed by atoms with Crippen LogP contribution in [0.4, 0.5) is 0 Å². The molecule has 8 heteroatoms. The third kappa shape index (κ3) is 4.28. The van der Waals surface area contributed by atoms with E-state index in [1.54, 1.807) is 42.5 Å². The third-order valence-corrected chi connectivity index (χ3v) is 5.45. The van der Waals surface area contributed by atoms with Crippen molar-refractivity contribution in [1.29, 1.82) is 0 Å². The van der Waals surface area contributed by atoms with Crippen LogP contribution >= 0.6 is 23.2 Å². The Kier molecular flexibility index (Phi) is 6.08. The van der Waals surface area contributed by atoms with Crippen molar-refractivity contribution in [1.82, 2.24) is 0 Å². The van der Waals surface area contributed by atoms with Crippen LogP contribution < -0.4 is 18.9 Å². The number of ether oxygens (including phenoxy) is 4. The van der Waals surface area contributed by atoms with Gasteiger partial charge >= 0.3 is 5.97 Å². The van der Waals surface area contributed by atoms with Gasteiger partial charge in [-0.25, -0.2) is 4.79 Å². The van der Waals surface area contributed by atoms with E-state index in [-0.39, 0.29) is 22.9 Å². The Bertz CT molecular complexity index is 1270. The molecule has 162 valence electrons. The highest BCUT2D eigenvalue weighted by atomic mass is 35.5. The number of carbonyl (C=O) groups excluding carboxylic acids is 2. The zero-order valence-electron chi connectivity index (χ0n) is 17.0. The second kappa shape index (κ2) is 8.94. The van der Waals surface area contributed by atoms with Gasteiger partial charge < -0.3 is 18.9 Å². The van der Waals surface area contributed by atoms with Crippen molar-refractivity contribution in [3.63, 3.8) is 0 Å². The molecule has 0 saturated carbocycles. The van der Waals surface area contributed by atoms with E-state index in [1.165, 1.54) is 32.4 Å². The maximum atomic E-state index is 12.7. The fourth-order valence-corrected chi connectivity index (χ4v) is 3.42. The SMILES string of the molecule is COc1ccc(C(=O)Oc2ccc3c(c2)OC(=Cc2ccc(Cl)c(Cl)c2)C3=O)cc1OC. The smallest absolute Gasteiger partial charge is 0.343 e. The fourth-order valence-electron chi connectivity index (χ4n) is 3.11. The summed E-state index contributed by atoms with van der Waals surface area (Å²) in [4.78, 5) is 25.2. The molecule has 1 aliphatic heterocycles. The Morgan fingerprint density at radius 3 is 2.41 bits per heavy atom. The number of allylic oxidation sites excluding steroid dienone is 1. The maximum Gasteiger partial charge on any atom is 0.343 e. The van der Waals surface area contributed by atoms with Crippen molar-refractivity contribution in [3.8, 4) is 23.0 Å². The summed E-state index contributed by atoms with van der Waals surface area (Å²) in [7, 11) is 2.98. The van der Waals surface area contributed by atoms with E-state index in [9.17, 15) is 9.59 Å². The molecule has 3 aromatic rings. The van der Waals surface area contributed by atoms with Crippen LogP contribution in [0.5, 0.6) is 23.0 Å². The predicted molar refractivity (Wildman–Crippen MR) is 120 cm³/mol. The molecule has 32 heavy (non-hydrogen) atoms. The molecule has 0 N–H and O–H groups in total. The lowest BCUT2D eigenvalue weighted by molar-refractivity contribution is 0.0734. The molecule has 0 aliphatic carbocycles. The second-order valence-electron chi connectivity index (χ2n) is 6.73. The van der Waals surface area contributed by atoms with Crippen molar-refractivity contribution in [2.24, 2.45) is 0 Å². The number of halogens is 2. The molecule has 0 bridgehead atoms. The first-order chi connectivity index (χ1) is 15.4. The van der Waals surface area contributed by atoms with Gasteiger partial charge in [0.05, 0.1) is 35.4 Å². The Morgan fingerprint density at radius 1 is 0.906 bits per heavy atom. The Morgan fingerprint density at radius 2 is 1.69 bits per heavy atom. The van der Waals surface area contributed by atoms with Gasteiger partial charge in [-0.05, 0) is 54.1 Å². The Hall–Kier alpha value is -3.48. The van der Waals surface area contributed by atoms with Gasteiger partial charge in [0.15, 0.2) is 17.3 Å². The first-order valence-electron chi connectivity index (χ1n) is 9.37. The summed E-state index contributed by atoms with van der Waals surface area (Å²) < 4.78 is 21.5. The van der Waals surface area contributed by atoms with Crippen LogP contribution in [0.15, 0.2) is 60.4 Å². The summed E-state index contributed by atoms with van der Waals surface area (Å²) in [6, 6.07) is 14.2. The molecule has 0 radical (unpaired) electrons. The number of ketones is 1. The average molecular weight is 471 g/mol. The quantitative estimate of drug-likeness (QED) is 0.264. The van der Waals surface area contributed by atoms with Gasteiger partial charge in [0.1, 0.15) is 11.5 Å². The summed E-state index contributed by atoms with van der Waals surface area (Å²) in [5.41, 5.74) is 1.30. The second-order valence-corrected chi connectivity index (χ2v) is 7.54. The van der Waals surface area contributed by atoms with Crippen LogP contribution in [0.3, 0.4) is 0 Å². The zero-order valence-corrected chi connectivity index (χ0v) is 18.5. The van der Waals surface area contributed by atoms with Crippen molar-refractivity contribution < 1.29 is 28.5 Å². The minimum atomic E-state index is -0.596. The summed E-state index contributed by atoms with van der Waals surface area (Å²) in [6.07, 6.45) is 1.57. The molecular formula is C24H16Cl2O6. The van der Waals surface area contributed by atoms with E-state index in [0.717, 1.165) is 0 Å². The van der Waals surface area contributed by atoms with E-state index in [2.05, 4.69) is 0 Å². The van der Waals surface area contributed by atoms with Crippen molar-refractivity contribution in [3.05, 3.63) is 87.1 Å². The van der Waals surface area contributed by atoms with E-state index >= 15 is 0 Å². The maximum absolute atomic E-state index is 12.7. The Balaban J connectivity index is 1.54. The number of rotatable bonds is 5. The first-order valence-corrected chi connectivity index (χ1v) is 10.1. The molecule has 0 unspecified atom stereocenters. The van der Waals surface area contributed by atoms with Crippen LogP contribution in [-0.2, 0) is 0 Å². The van der Waals surface area contributed by atoms with Gasteiger partial charge in [0.25, 0.3) is 0 Å². The molecule has 3 aromatic carbocycles. The molecule has 0 atom stereocenters. The molecule has 0 aromatic heterocycles. The van der Waals surface area contributed by atoms with Crippen molar-refractivity contribution in [2.75, 3.05) is 14.2 Å². The van der Waals surface area contributed by atoms with Gasteiger partial charge in [-0.2, -0.15) is 0 Å². The van der Waals surface area contributed by atoms with Crippen LogP contribution in [0.1, 0.15) is 26.3 Å². The molecule has 4 rings (SSSR count). The van der Waals surface area contributed by atoms with Crippen molar-refractivity contribution in [2.45, 2.75) is 0 Å². The predicted octanol–water partition coefficient (Wildman–Crippen LogP) is 5.85. The van der Waals surface area contributed by atoms with Crippen molar-refractivity contribution >= 4 is 41.0 Å². The number of benzene rings is 3. The van der Waals surface area contributed by atoms with Crippen LogP contribution in [0, 0.1) is 0 Å². The highest BCUT2D eigenvalue weighted by Gasteiger charge is 2.28. The average Bonchev–Trinajstić information content (AvgIpc) is 3.10. The lowest BCUT2D eigenvalue weighted by Crippen LogP contribution is -2.09. The lowest BCUT2D eigenvalue weighted by Gasteiger charge is -2.10. The van der Waals surface area contributed by atoms with Gasteiger partial charge in [-0.3, -0.25) is 4.79 Å². The van der Waals surface area contributed by atoms with E-state index in [0.29, 0.717) is 38.4 Å². The normalized spacial score (nSPS) is 13.5. The minimum absolute atomic E-state index is 0.127. The number of hydrogen-bond donors (Lipinski definition) is 0. The molecule has 0 fully saturated rings. The van der Waals surface area contributed by atoms with Crippen LogP contribution in [0.2, 0.25) is 10.0 Å². The molecule has 0 saturated heterocycles. The van der Waals surface area contributed by atoms with Gasteiger partial charge in [-0.1, -0.05) is 29.3 Å². The monoisotopic (exact) mass is 470 g/mol. The number of carbonyl (C=O) groups is 2. The molecular weight excluding hydrogens is 455 g/mol. The van der Waals surface area contributed by atoms with Gasteiger partial charge in [0, 0.05) is 6.07 Å². The number of esters is 1. The molecule has 1 heterocycles. The zero-order chi connectivity index (χ0) is 22.8. The lowest BCUT2D eigenvalue weighted by atomic mass is 10.1. The first kappa shape index (κ1) is 21.7. The van der Waals surface area contributed by atoms with E-state index in [4.69, 9.17) is 42.1 Å². The minimum Gasteiger partial charge on any atom is -0.493 e. The topological polar surface area (TPSA) is 71.1 Å². The van der Waals surface area contributed by atoms with Crippen LogP contribution in [-0.4, -0.2) is 26.0 Å². The van der Waals surface area contributed by atoms with Crippen LogP contribution in [0.25, 0.3) is 6.08 Å². The number of fused-ring (bicyclic) bond motifs is 1. The Labute approximate surface area is 193 Å². The fraction of sp³-hybridized carbons (Fsp3) is 0.0833. The molecule has 6 nitrogen and oxygen atoms in total. The third-order valence-electron chi connectivity index (χ3n) is 4.71. The highest BCUT2D eigenvalue weighted by Crippen LogP contribution is 2.36. The molecule has 0 spiro atoms. The summed E-state index contributed by atoms with van der Waals surface area (Å²) in [5, 5.41) is 0.782. The molecule has 0 amide bonds. The van der Waals surface area contributed by atoms with Gasteiger partial charge in [0.2, 0.25) is 5.78 Å². The summed E-state index contributed by atoms with van der Waals surface area (Å²) in [6.45, 7) is 0. The summed E-state index contributed by atoms with van der Waals surface area (Å²) >= 11 is 12.0. The van der Waals surface area contributed by atoms with E-state index < -0.39 is 5.97 Å². The van der Waals surface area contributed by atoms with Gasteiger partial charge in [-0.15, -0.1) is 0 Å². The standard InChI is InChI=1S/C24H16Cl2O6/c1-29-19-8-4-14(11-21(19)30-2)24(28)31-15-5-6-16-20(12-15)32-22(23(16)27)10-13-3-7-17(25)18(26)9-13/h3-12H,1-2H3. The number of Topliss-reactive ketones (excluding diaryl/α,β-unsaturated/α-hetero) is 1. The highest BCUT2D eigenvalue weighted by molar-refractivity contribution is 6.42. The molecule has 1 aliphatic rings. The number of methoxy groups -OCH3 is 2. The summed E-state index contributed by atoms with van der Waals surface area (Å²) in [5.74, 6) is 0.662. The number of hydrogen-bond acceptors (Lipinski definition) is 6. The van der Waals surface area contributed by atoms with E-state index in [1.807, 2.05) is 0 Å².